The fourth-order valence-corrected chi connectivity index (χ4v) is 2.24. The number of nitrogens with zero attached hydrogens (tertiary/aromatic N) is 1. The number of hydrogen-bond donors (Lipinski definition) is 1. The van der Waals surface area contributed by atoms with Crippen LogP contribution in [0.3, 0.4) is 0 Å². The molecule has 0 saturated heterocycles. The number of halogens is 1. The second-order valence-electron chi connectivity index (χ2n) is 4.77. The molecule has 0 aromatic heterocycles. The largest absolute Gasteiger partial charge is 0.496 e. The number of benzene rings is 1. The maximum Gasteiger partial charge on any atom is 0.323 e. The van der Waals surface area contributed by atoms with Gasteiger partial charge in [-0.1, -0.05) is 24.6 Å². The molecule has 1 unspecified atom stereocenters. The first kappa shape index (κ1) is 17.3. The smallest absolute Gasteiger partial charge is 0.323 e. The number of carboxylic acid groups (broad SMARTS) is 1. The van der Waals surface area contributed by atoms with Gasteiger partial charge in [-0.05, 0) is 25.5 Å². The molecule has 0 heterocycles. The van der Waals surface area contributed by atoms with Crippen molar-refractivity contribution in [2.24, 2.45) is 0 Å². The number of hydrogen-bond acceptors (Lipinski definition) is 3. The van der Waals surface area contributed by atoms with Crippen molar-refractivity contribution in [2.75, 3.05) is 13.7 Å². The first-order chi connectivity index (χ1) is 9.90. The summed E-state index contributed by atoms with van der Waals surface area (Å²) >= 11 is 6.11. The minimum Gasteiger partial charge on any atom is -0.496 e. The summed E-state index contributed by atoms with van der Waals surface area (Å²) in [5.41, 5.74) is 0.574. The summed E-state index contributed by atoms with van der Waals surface area (Å²) in [4.78, 5) is 24.7. The Morgan fingerprint density at radius 3 is 2.62 bits per heavy atom. The summed E-state index contributed by atoms with van der Waals surface area (Å²) in [6.07, 6.45) is 0.694. The van der Waals surface area contributed by atoms with Crippen LogP contribution in [0.4, 0.5) is 0 Å². The highest BCUT2D eigenvalue weighted by Gasteiger charge is 2.23. The average Bonchev–Trinajstić information content (AvgIpc) is 2.45. The molecular formula is C15H20ClNO4. The van der Waals surface area contributed by atoms with Gasteiger partial charge in [-0.3, -0.25) is 9.59 Å². The van der Waals surface area contributed by atoms with Crippen molar-refractivity contribution in [1.29, 1.82) is 0 Å². The molecule has 0 aliphatic heterocycles. The number of carbonyl (C=O) groups excluding carboxylic acids is 1. The highest BCUT2D eigenvalue weighted by atomic mass is 35.5. The third kappa shape index (κ3) is 4.63. The van der Waals surface area contributed by atoms with Gasteiger partial charge >= 0.3 is 5.97 Å². The van der Waals surface area contributed by atoms with E-state index in [1.807, 2.05) is 13.8 Å². The topological polar surface area (TPSA) is 66.8 Å². The molecular weight excluding hydrogens is 294 g/mol. The molecule has 5 nitrogen and oxygen atoms in total. The Hall–Kier alpha value is -1.75. The molecule has 0 radical (unpaired) electrons. The molecule has 1 N–H and O–H groups in total. The van der Waals surface area contributed by atoms with Crippen LogP contribution in [0.5, 0.6) is 5.75 Å². The first-order valence-electron chi connectivity index (χ1n) is 6.73. The molecule has 1 rings (SSSR count). The Bertz CT molecular complexity index is 518. The molecule has 0 bridgehead atoms. The average molecular weight is 314 g/mol. The van der Waals surface area contributed by atoms with Crippen molar-refractivity contribution in [3.8, 4) is 5.75 Å². The van der Waals surface area contributed by atoms with Crippen LogP contribution >= 0.6 is 11.6 Å². The van der Waals surface area contributed by atoms with E-state index in [-0.39, 0.29) is 24.9 Å². The number of methoxy groups -OCH3 is 1. The van der Waals surface area contributed by atoms with Crippen molar-refractivity contribution in [3.05, 3.63) is 28.8 Å². The van der Waals surface area contributed by atoms with Crippen LogP contribution in [0.2, 0.25) is 5.02 Å². The third-order valence-corrected chi connectivity index (χ3v) is 3.73. The zero-order valence-corrected chi connectivity index (χ0v) is 13.2. The Balaban J connectivity index is 2.99. The molecule has 0 spiro atoms. The van der Waals surface area contributed by atoms with Gasteiger partial charge in [0.2, 0.25) is 5.91 Å². The van der Waals surface area contributed by atoms with E-state index < -0.39 is 5.97 Å². The lowest BCUT2D eigenvalue weighted by atomic mass is 10.1. The normalized spacial score (nSPS) is 11.8. The highest BCUT2D eigenvalue weighted by Crippen LogP contribution is 2.27. The predicted octanol–water partition coefficient (Wildman–Crippen LogP) is 2.60. The van der Waals surface area contributed by atoms with Crippen molar-refractivity contribution >= 4 is 23.5 Å². The monoisotopic (exact) mass is 313 g/mol. The SMILES string of the molecule is CCC(C)N(CC(=O)O)C(=O)Cc1c(Cl)cccc1OC. The van der Waals surface area contributed by atoms with E-state index in [1.165, 1.54) is 12.0 Å². The van der Waals surface area contributed by atoms with Crippen LogP contribution in [0.1, 0.15) is 25.8 Å². The molecule has 0 aliphatic rings. The summed E-state index contributed by atoms with van der Waals surface area (Å²) in [7, 11) is 1.50. The summed E-state index contributed by atoms with van der Waals surface area (Å²) < 4.78 is 5.20. The molecule has 1 aromatic carbocycles. The van der Waals surface area contributed by atoms with E-state index in [9.17, 15) is 9.59 Å². The van der Waals surface area contributed by atoms with Crippen molar-refractivity contribution < 1.29 is 19.4 Å². The van der Waals surface area contributed by atoms with Gasteiger partial charge in [0, 0.05) is 16.6 Å². The minimum absolute atomic E-state index is 0.0144. The molecule has 0 fully saturated rings. The van der Waals surface area contributed by atoms with Crippen molar-refractivity contribution in [1.82, 2.24) is 4.90 Å². The fraction of sp³-hybridized carbons (Fsp3) is 0.467. The quantitative estimate of drug-likeness (QED) is 0.840. The van der Waals surface area contributed by atoms with Crippen LogP contribution in [-0.4, -0.2) is 41.6 Å². The second kappa shape index (κ2) is 7.88. The molecule has 116 valence electrons. The molecule has 6 heteroatoms. The van der Waals surface area contributed by atoms with Gasteiger partial charge in [-0.2, -0.15) is 0 Å². The van der Waals surface area contributed by atoms with Gasteiger partial charge in [0.05, 0.1) is 13.5 Å². The Morgan fingerprint density at radius 2 is 2.10 bits per heavy atom. The molecule has 0 saturated carbocycles. The highest BCUT2D eigenvalue weighted by molar-refractivity contribution is 6.31. The van der Waals surface area contributed by atoms with Crippen LogP contribution in [-0.2, 0) is 16.0 Å². The van der Waals surface area contributed by atoms with E-state index in [0.29, 0.717) is 22.8 Å². The van der Waals surface area contributed by atoms with Gasteiger partial charge in [-0.15, -0.1) is 0 Å². The van der Waals surface area contributed by atoms with E-state index >= 15 is 0 Å². The summed E-state index contributed by atoms with van der Waals surface area (Å²) in [6, 6.07) is 4.98. The first-order valence-corrected chi connectivity index (χ1v) is 7.11. The van der Waals surface area contributed by atoms with Gasteiger partial charge < -0.3 is 14.7 Å². The lowest BCUT2D eigenvalue weighted by Gasteiger charge is -2.27. The Morgan fingerprint density at radius 1 is 1.43 bits per heavy atom. The fourth-order valence-electron chi connectivity index (χ4n) is 2.01. The van der Waals surface area contributed by atoms with Crippen LogP contribution in [0, 0.1) is 0 Å². The number of amides is 1. The standard InChI is InChI=1S/C15H20ClNO4/c1-4-10(2)17(9-15(19)20)14(18)8-11-12(16)6-5-7-13(11)21-3/h5-7,10H,4,8-9H2,1-3H3,(H,19,20). The van der Waals surface area contributed by atoms with Crippen LogP contribution in [0.15, 0.2) is 18.2 Å². The molecule has 0 aliphatic carbocycles. The number of rotatable bonds is 7. The number of ether oxygens (including phenoxy) is 1. The van der Waals surface area contributed by atoms with E-state index in [0.717, 1.165) is 0 Å². The molecule has 1 atom stereocenters. The lowest BCUT2D eigenvalue weighted by Crippen LogP contribution is -2.42. The van der Waals surface area contributed by atoms with Crippen molar-refractivity contribution in [2.45, 2.75) is 32.7 Å². The zero-order valence-electron chi connectivity index (χ0n) is 12.4. The molecule has 21 heavy (non-hydrogen) atoms. The van der Waals surface area contributed by atoms with E-state index in [1.54, 1.807) is 18.2 Å². The van der Waals surface area contributed by atoms with Gasteiger partial charge in [0.1, 0.15) is 12.3 Å². The van der Waals surface area contributed by atoms with Crippen molar-refractivity contribution in [3.63, 3.8) is 0 Å². The number of carbonyl (C=O) groups is 2. The summed E-state index contributed by atoms with van der Waals surface area (Å²) in [5.74, 6) is -0.789. The van der Waals surface area contributed by atoms with E-state index in [2.05, 4.69) is 0 Å². The number of carboxylic acids is 1. The maximum atomic E-state index is 12.4. The zero-order chi connectivity index (χ0) is 16.0. The molecule has 1 aromatic rings. The third-order valence-electron chi connectivity index (χ3n) is 3.37. The van der Waals surface area contributed by atoms with Gasteiger partial charge in [-0.25, -0.2) is 0 Å². The Kier molecular flexibility index (Phi) is 6.49. The van der Waals surface area contributed by atoms with Crippen LogP contribution in [0.25, 0.3) is 0 Å². The second-order valence-corrected chi connectivity index (χ2v) is 5.18. The van der Waals surface area contributed by atoms with Gasteiger partial charge in [0.15, 0.2) is 0 Å². The minimum atomic E-state index is -1.03. The summed E-state index contributed by atoms with van der Waals surface area (Å²) in [6.45, 7) is 3.41. The maximum absolute atomic E-state index is 12.4. The Labute approximate surface area is 129 Å². The lowest BCUT2D eigenvalue weighted by molar-refractivity contribution is -0.145. The number of aliphatic carboxylic acids is 1. The summed E-state index contributed by atoms with van der Waals surface area (Å²) in [5, 5.41) is 9.39. The molecule has 1 amide bonds. The predicted molar refractivity (Wildman–Crippen MR) is 80.8 cm³/mol. The van der Waals surface area contributed by atoms with Gasteiger partial charge in [0.25, 0.3) is 0 Å². The van der Waals surface area contributed by atoms with E-state index in [4.69, 9.17) is 21.4 Å². The van der Waals surface area contributed by atoms with Crippen LogP contribution < -0.4 is 4.74 Å².